The van der Waals surface area contributed by atoms with E-state index in [9.17, 15) is 4.79 Å². The molecule has 2 aromatic rings. The topological polar surface area (TPSA) is 77.2 Å². The van der Waals surface area contributed by atoms with Crippen molar-refractivity contribution in [2.24, 2.45) is 0 Å². The van der Waals surface area contributed by atoms with E-state index in [0.29, 0.717) is 24.3 Å². The molecule has 0 fully saturated rings. The van der Waals surface area contributed by atoms with Crippen molar-refractivity contribution >= 4 is 27.8 Å². The van der Waals surface area contributed by atoms with Gasteiger partial charge in [0, 0.05) is 23.6 Å². The number of hydrogen-bond acceptors (Lipinski definition) is 4. The minimum atomic E-state index is -0.459. The monoisotopic (exact) mass is 373 g/mol. The number of anilines is 1. The molecule has 0 saturated heterocycles. The molecule has 0 radical (unpaired) electrons. The third-order valence-corrected chi connectivity index (χ3v) is 3.27. The fourth-order valence-electron chi connectivity index (χ4n) is 1.71. The smallest absolute Gasteiger partial charge is 0.407 e. The zero-order valence-corrected chi connectivity index (χ0v) is 14.0. The molecule has 0 bridgehead atoms. The van der Waals surface area contributed by atoms with Gasteiger partial charge in [0.05, 0.1) is 5.56 Å². The molecule has 0 aliphatic carbocycles. The van der Waals surface area contributed by atoms with Gasteiger partial charge >= 0.3 is 6.09 Å². The Bertz CT molecular complexity index is 724. The lowest BCUT2D eigenvalue weighted by Crippen LogP contribution is -2.24. The van der Waals surface area contributed by atoms with Gasteiger partial charge in [-0.3, -0.25) is 0 Å². The van der Waals surface area contributed by atoms with Crippen LogP contribution >= 0.6 is 15.9 Å². The fourth-order valence-corrected chi connectivity index (χ4v) is 2.04. The van der Waals surface area contributed by atoms with Gasteiger partial charge in [-0.2, -0.15) is 0 Å². The Labute approximate surface area is 143 Å². The van der Waals surface area contributed by atoms with Crippen LogP contribution < -0.4 is 11.1 Å². The molecule has 1 aromatic carbocycles. The highest BCUT2D eigenvalue weighted by Crippen LogP contribution is 2.14. The molecule has 0 saturated carbocycles. The van der Waals surface area contributed by atoms with E-state index in [0.717, 1.165) is 10.0 Å². The van der Waals surface area contributed by atoms with Gasteiger partial charge in [0.15, 0.2) is 0 Å². The number of halogens is 1. The standard InChI is InChI=1S/C17H16BrN3O2/c18-15-10-14(16(19)21-11-15)8-4-5-9-20-17(22)23-12-13-6-2-1-3-7-13/h1-3,6-7,10-11H,5,9,12H2,(H2,19,21)(H,20,22). The first kappa shape index (κ1) is 16.8. The Morgan fingerprint density at radius 1 is 1.35 bits per heavy atom. The van der Waals surface area contributed by atoms with Crippen LogP contribution in [0, 0.1) is 11.8 Å². The molecule has 1 aromatic heterocycles. The maximum absolute atomic E-state index is 11.5. The SMILES string of the molecule is Nc1ncc(Br)cc1C#CCCNC(=O)OCc1ccccc1. The van der Waals surface area contributed by atoms with Crippen molar-refractivity contribution in [1.82, 2.24) is 10.3 Å². The predicted molar refractivity (Wildman–Crippen MR) is 92.5 cm³/mol. The lowest BCUT2D eigenvalue weighted by molar-refractivity contribution is 0.140. The number of amides is 1. The van der Waals surface area contributed by atoms with Crippen LogP contribution in [0.3, 0.4) is 0 Å². The molecule has 0 atom stereocenters. The van der Waals surface area contributed by atoms with E-state index >= 15 is 0 Å². The number of carbonyl (C=O) groups excluding carboxylic acids is 1. The molecule has 5 nitrogen and oxygen atoms in total. The van der Waals surface area contributed by atoms with Crippen LogP contribution in [-0.2, 0) is 11.3 Å². The summed E-state index contributed by atoms with van der Waals surface area (Å²) >= 11 is 3.32. The molecule has 0 aliphatic rings. The molecule has 6 heteroatoms. The summed E-state index contributed by atoms with van der Waals surface area (Å²) in [5.74, 6) is 6.25. The molecule has 2 rings (SSSR count). The number of hydrogen-bond donors (Lipinski definition) is 2. The number of aromatic nitrogens is 1. The molecule has 1 amide bonds. The Morgan fingerprint density at radius 2 is 2.13 bits per heavy atom. The Balaban J connectivity index is 1.70. The zero-order valence-electron chi connectivity index (χ0n) is 12.4. The van der Waals surface area contributed by atoms with Crippen molar-refractivity contribution in [3.63, 3.8) is 0 Å². The molecular formula is C17H16BrN3O2. The number of benzene rings is 1. The first-order valence-corrected chi connectivity index (χ1v) is 7.79. The summed E-state index contributed by atoms with van der Waals surface area (Å²) in [5.41, 5.74) is 7.33. The molecule has 1 heterocycles. The number of nitrogens with two attached hydrogens (primary N) is 1. The highest BCUT2D eigenvalue weighted by molar-refractivity contribution is 9.10. The van der Waals surface area contributed by atoms with E-state index in [2.05, 4.69) is 38.1 Å². The number of nitrogens with zero attached hydrogens (tertiary/aromatic N) is 1. The molecule has 0 unspecified atom stereocenters. The van der Waals surface area contributed by atoms with Crippen molar-refractivity contribution in [1.29, 1.82) is 0 Å². The van der Waals surface area contributed by atoms with Gasteiger partial charge in [0.25, 0.3) is 0 Å². The maximum atomic E-state index is 11.5. The second kappa shape index (κ2) is 8.81. The van der Waals surface area contributed by atoms with Crippen LogP contribution in [0.4, 0.5) is 10.6 Å². The van der Waals surface area contributed by atoms with E-state index in [1.165, 1.54) is 0 Å². The number of carbonyl (C=O) groups is 1. The highest BCUT2D eigenvalue weighted by Gasteiger charge is 2.01. The zero-order chi connectivity index (χ0) is 16.5. The average Bonchev–Trinajstić information content (AvgIpc) is 2.56. The predicted octanol–water partition coefficient (Wildman–Crippen LogP) is 3.09. The van der Waals surface area contributed by atoms with Crippen molar-refractivity contribution in [2.45, 2.75) is 13.0 Å². The third kappa shape index (κ3) is 6.01. The van der Waals surface area contributed by atoms with Crippen LogP contribution in [0.1, 0.15) is 17.5 Å². The lowest BCUT2D eigenvalue weighted by atomic mass is 10.2. The van der Waals surface area contributed by atoms with Crippen LogP contribution in [0.25, 0.3) is 0 Å². The first-order valence-electron chi connectivity index (χ1n) is 6.99. The van der Waals surface area contributed by atoms with E-state index in [1.54, 1.807) is 12.3 Å². The van der Waals surface area contributed by atoms with Crippen LogP contribution in [0.5, 0.6) is 0 Å². The summed E-state index contributed by atoms with van der Waals surface area (Å²) in [7, 11) is 0. The van der Waals surface area contributed by atoms with E-state index in [-0.39, 0.29) is 6.61 Å². The van der Waals surface area contributed by atoms with Crippen LogP contribution in [-0.4, -0.2) is 17.6 Å². The summed E-state index contributed by atoms with van der Waals surface area (Å²) in [5, 5.41) is 2.65. The van der Waals surface area contributed by atoms with Crippen LogP contribution in [0.15, 0.2) is 47.1 Å². The van der Waals surface area contributed by atoms with Crippen molar-refractivity contribution < 1.29 is 9.53 Å². The summed E-state index contributed by atoms with van der Waals surface area (Å²) in [6.07, 6.45) is 1.65. The Kier molecular flexibility index (Phi) is 6.45. The molecule has 0 spiro atoms. The molecule has 0 aliphatic heterocycles. The van der Waals surface area contributed by atoms with E-state index < -0.39 is 6.09 Å². The Hall–Kier alpha value is -2.52. The van der Waals surface area contributed by atoms with E-state index in [1.807, 2.05) is 30.3 Å². The molecule has 3 N–H and O–H groups in total. The fraction of sp³-hybridized carbons (Fsp3) is 0.176. The number of nitrogens with one attached hydrogen (secondary N) is 1. The highest BCUT2D eigenvalue weighted by atomic mass is 79.9. The maximum Gasteiger partial charge on any atom is 0.407 e. The van der Waals surface area contributed by atoms with Crippen LogP contribution in [0.2, 0.25) is 0 Å². The van der Waals surface area contributed by atoms with Gasteiger partial charge in [-0.05, 0) is 27.6 Å². The lowest BCUT2D eigenvalue weighted by Gasteiger charge is -2.05. The third-order valence-electron chi connectivity index (χ3n) is 2.84. The molecule has 118 valence electrons. The Morgan fingerprint density at radius 3 is 2.91 bits per heavy atom. The number of rotatable bonds is 4. The largest absolute Gasteiger partial charge is 0.445 e. The number of nitrogen functional groups attached to an aromatic ring is 1. The average molecular weight is 374 g/mol. The van der Waals surface area contributed by atoms with Crippen molar-refractivity contribution in [3.05, 3.63) is 58.2 Å². The summed E-state index contributed by atoms with van der Waals surface area (Å²) in [6, 6.07) is 11.3. The van der Waals surface area contributed by atoms with Gasteiger partial charge in [-0.1, -0.05) is 42.2 Å². The van der Waals surface area contributed by atoms with Crippen molar-refractivity contribution in [2.75, 3.05) is 12.3 Å². The van der Waals surface area contributed by atoms with Gasteiger partial charge < -0.3 is 15.8 Å². The summed E-state index contributed by atoms with van der Waals surface area (Å²) in [4.78, 5) is 15.5. The number of pyridine rings is 1. The number of ether oxygens (including phenoxy) is 1. The van der Waals surface area contributed by atoms with Gasteiger partial charge in [0.1, 0.15) is 12.4 Å². The first-order chi connectivity index (χ1) is 11.1. The summed E-state index contributed by atoms with van der Waals surface area (Å²) in [6.45, 7) is 0.653. The molecule has 23 heavy (non-hydrogen) atoms. The molecular weight excluding hydrogens is 358 g/mol. The van der Waals surface area contributed by atoms with Gasteiger partial charge in [-0.25, -0.2) is 9.78 Å². The quantitative estimate of drug-likeness (QED) is 0.637. The van der Waals surface area contributed by atoms with Crippen molar-refractivity contribution in [3.8, 4) is 11.8 Å². The second-order valence-electron chi connectivity index (χ2n) is 4.63. The van der Waals surface area contributed by atoms with E-state index in [4.69, 9.17) is 10.5 Å². The summed E-state index contributed by atoms with van der Waals surface area (Å²) < 4.78 is 5.91. The van der Waals surface area contributed by atoms with Gasteiger partial charge in [-0.15, -0.1) is 0 Å². The minimum Gasteiger partial charge on any atom is -0.445 e. The second-order valence-corrected chi connectivity index (χ2v) is 5.54. The van der Waals surface area contributed by atoms with Gasteiger partial charge in [0.2, 0.25) is 0 Å². The minimum absolute atomic E-state index is 0.249. The number of alkyl carbamates (subject to hydrolysis) is 1. The normalized spacial score (nSPS) is 9.61.